The van der Waals surface area contributed by atoms with Crippen LogP contribution in [0.3, 0.4) is 0 Å². The Morgan fingerprint density at radius 1 is 0.889 bits per heavy atom. The summed E-state index contributed by atoms with van der Waals surface area (Å²) < 4.78 is 27.0. The van der Waals surface area contributed by atoms with Crippen molar-refractivity contribution in [3.8, 4) is 0 Å². The quantitative estimate of drug-likeness (QED) is 0.417. The largest absolute Gasteiger partial charge is 0.352 e. The van der Waals surface area contributed by atoms with Crippen molar-refractivity contribution < 1.29 is 18.0 Å². The first-order valence-corrected chi connectivity index (χ1v) is 14.1. The lowest BCUT2D eigenvalue weighted by Crippen LogP contribution is -2.53. The predicted octanol–water partition coefficient (Wildman–Crippen LogP) is 4.33. The molecule has 0 radical (unpaired) electrons. The third-order valence-electron chi connectivity index (χ3n) is 6.30. The minimum absolute atomic E-state index is 0.0385. The third-order valence-corrected chi connectivity index (χ3v) is 7.42. The van der Waals surface area contributed by atoms with Gasteiger partial charge in [-0.15, -0.1) is 0 Å². The van der Waals surface area contributed by atoms with Gasteiger partial charge in [-0.05, 0) is 36.8 Å². The smallest absolute Gasteiger partial charge is 0.244 e. The number of anilines is 1. The second-order valence-electron chi connectivity index (χ2n) is 9.02. The minimum Gasteiger partial charge on any atom is -0.352 e. The molecule has 0 saturated carbocycles. The summed E-state index contributed by atoms with van der Waals surface area (Å²) in [4.78, 5) is 28.5. The lowest BCUT2D eigenvalue weighted by molar-refractivity contribution is -0.140. The van der Waals surface area contributed by atoms with Gasteiger partial charge in [0.15, 0.2) is 0 Å². The van der Waals surface area contributed by atoms with Crippen molar-refractivity contribution in [2.45, 2.75) is 52.2 Å². The average Bonchev–Trinajstić information content (AvgIpc) is 2.86. The van der Waals surface area contributed by atoms with Crippen LogP contribution < -0.4 is 9.62 Å². The molecule has 0 spiro atoms. The number of hydrogen-bond donors (Lipinski definition) is 1. The van der Waals surface area contributed by atoms with Crippen molar-refractivity contribution in [1.82, 2.24) is 10.2 Å². The Hall–Kier alpha value is -3.39. The summed E-state index contributed by atoms with van der Waals surface area (Å²) in [7, 11) is -3.80. The molecule has 3 rings (SSSR count). The maximum absolute atomic E-state index is 13.8. The number of fused-ring (bicyclic) bond motifs is 1. The first-order valence-electron chi connectivity index (χ1n) is 12.2. The van der Waals surface area contributed by atoms with Gasteiger partial charge >= 0.3 is 0 Å². The molecule has 0 aliphatic rings. The van der Waals surface area contributed by atoms with Gasteiger partial charge in [-0.25, -0.2) is 8.42 Å². The first-order chi connectivity index (χ1) is 17.2. The molecule has 0 bridgehead atoms. The highest BCUT2D eigenvalue weighted by molar-refractivity contribution is 7.92. The Bertz CT molecular complexity index is 1290. The van der Waals surface area contributed by atoms with Gasteiger partial charge in [0.25, 0.3) is 0 Å². The molecule has 192 valence electrons. The predicted molar refractivity (Wildman–Crippen MR) is 145 cm³/mol. The summed E-state index contributed by atoms with van der Waals surface area (Å²) in [5, 5.41) is 4.58. The van der Waals surface area contributed by atoms with Gasteiger partial charge < -0.3 is 10.2 Å². The molecule has 7 nitrogen and oxygen atoms in total. The van der Waals surface area contributed by atoms with Gasteiger partial charge in [-0.2, -0.15) is 0 Å². The van der Waals surface area contributed by atoms with Gasteiger partial charge in [-0.1, -0.05) is 80.6 Å². The molecule has 0 heterocycles. The summed E-state index contributed by atoms with van der Waals surface area (Å²) in [6.45, 7) is 5.53. The van der Waals surface area contributed by atoms with Gasteiger partial charge in [0, 0.05) is 18.0 Å². The number of nitrogens with zero attached hydrogens (tertiary/aromatic N) is 2. The normalized spacial score (nSPS) is 13.1. The van der Waals surface area contributed by atoms with E-state index in [9.17, 15) is 18.0 Å². The fourth-order valence-electron chi connectivity index (χ4n) is 4.16. The maximum atomic E-state index is 13.8. The van der Waals surface area contributed by atoms with Gasteiger partial charge in [0.2, 0.25) is 21.8 Å². The number of benzene rings is 3. The molecule has 0 aromatic heterocycles. The van der Waals surface area contributed by atoms with Crippen LogP contribution in [-0.4, -0.2) is 50.0 Å². The van der Waals surface area contributed by atoms with Crippen LogP contribution in [-0.2, 0) is 26.2 Å². The van der Waals surface area contributed by atoms with Crippen LogP contribution in [0, 0.1) is 0 Å². The van der Waals surface area contributed by atoms with E-state index in [1.165, 1.54) is 4.90 Å². The Labute approximate surface area is 214 Å². The van der Waals surface area contributed by atoms with Crippen LogP contribution >= 0.6 is 0 Å². The average molecular weight is 510 g/mol. The van der Waals surface area contributed by atoms with E-state index in [1.807, 2.05) is 81.4 Å². The summed E-state index contributed by atoms with van der Waals surface area (Å²) in [5.41, 5.74) is 1.29. The van der Waals surface area contributed by atoms with Crippen molar-refractivity contribution in [1.29, 1.82) is 0 Å². The van der Waals surface area contributed by atoms with E-state index < -0.39 is 28.5 Å². The fraction of sp³-hybridized carbons (Fsp3) is 0.357. The van der Waals surface area contributed by atoms with E-state index in [-0.39, 0.29) is 18.5 Å². The molecule has 2 amide bonds. The lowest BCUT2D eigenvalue weighted by atomic mass is 10.1. The molecular formula is C28H35N3O4S. The first kappa shape index (κ1) is 27.2. The fourth-order valence-corrected chi connectivity index (χ4v) is 5.02. The van der Waals surface area contributed by atoms with Crippen molar-refractivity contribution in [2.75, 3.05) is 17.1 Å². The number of carbonyl (C=O) groups is 2. The highest BCUT2D eigenvalue weighted by Gasteiger charge is 2.32. The van der Waals surface area contributed by atoms with Crippen molar-refractivity contribution in [3.05, 3.63) is 78.4 Å². The molecule has 0 aliphatic heterocycles. The number of carbonyl (C=O) groups excluding carboxylic acids is 2. The molecule has 0 unspecified atom stereocenters. The zero-order valence-corrected chi connectivity index (χ0v) is 22.2. The third kappa shape index (κ3) is 6.63. The van der Waals surface area contributed by atoms with E-state index in [4.69, 9.17) is 0 Å². The summed E-state index contributed by atoms with van der Waals surface area (Å²) in [6, 6.07) is 21.5. The zero-order valence-electron chi connectivity index (χ0n) is 21.3. The van der Waals surface area contributed by atoms with Crippen LogP contribution in [0.2, 0.25) is 0 Å². The van der Waals surface area contributed by atoms with E-state index in [0.29, 0.717) is 12.1 Å². The van der Waals surface area contributed by atoms with Gasteiger partial charge in [-0.3, -0.25) is 13.9 Å². The minimum atomic E-state index is -3.80. The van der Waals surface area contributed by atoms with Crippen LogP contribution in [0.1, 0.15) is 39.2 Å². The van der Waals surface area contributed by atoms with Crippen LogP contribution in [0.5, 0.6) is 0 Å². The zero-order chi connectivity index (χ0) is 26.3. The molecule has 0 aliphatic carbocycles. The summed E-state index contributed by atoms with van der Waals surface area (Å²) >= 11 is 0. The molecule has 3 aromatic rings. The standard InChI is InChI=1S/C28H35N3O4S/c1-5-21(3)29-28(33)25(6-2)30(19-22-13-8-7-9-14-22)27(32)20-31(36(4,34)35)26-18-12-16-23-15-10-11-17-24(23)26/h7-18,21,25H,5-6,19-20H2,1-4H3,(H,29,33)/t21-,25-/m1/s1. The van der Waals surface area contributed by atoms with E-state index >= 15 is 0 Å². The highest BCUT2D eigenvalue weighted by atomic mass is 32.2. The number of rotatable bonds is 11. The highest BCUT2D eigenvalue weighted by Crippen LogP contribution is 2.28. The number of amides is 2. The van der Waals surface area contributed by atoms with Gasteiger partial charge in [0.05, 0.1) is 11.9 Å². The summed E-state index contributed by atoms with van der Waals surface area (Å²) in [6.07, 6.45) is 2.25. The number of sulfonamides is 1. The molecule has 2 atom stereocenters. The van der Waals surface area contributed by atoms with Crippen LogP contribution in [0.25, 0.3) is 10.8 Å². The molecule has 36 heavy (non-hydrogen) atoms. The number of hydrogen-bond acceptors (Lipinski definition) is 4. The van der Waals surface area contributed by atoms with Crippen molar-refractivity contribution in [2.24, 2.45) is 0 Å². The molecule has 0 fully saturated rings. The monoisotopic (exact) mass is 509 g/mol. The molecule has 3 aromatic carbocycles. The Kier molecular flexibility index (Phi) is 9.09. The molecule has 1 N–H and O–H groups in total. The molecule has 8 heteroatoms. The second kappa shape index (κ2) is 12.0. The molecule has 0 saturated heterocycles. The molecular weight excluding hydrogens is 474 g/mol. The van der Waals surface area contributed by atoms with Gasteiger partial charge in [0.1, 0.15) is 12.6 Å². The lowest BCUT2D eigenvalue weighted by Gasteiger charge is -2.33. The maximum Gasteiger partial charge on any atom is 0.244 e. The van der Waals surface area contributed by atoms with Crippen molar-refractivity contribution in [3.63, 3.8) is 0 Å². The number of nitrogens with one attached hydrogen (secondary N) is 1. The second-order valence-corrected chi connectivity index (χ2v) is 10.9. The van der Waals surface area contributed by atoms with E-state index in [2.05, 4.69) is 5.32 Å². The SMILES string of the molecule is CC[C@@H](C)NC(=O)[C@@H](CC)N(Cc1ccccc1)C(=O)CN(c1cccc2ccccc12)S(C)(=O)=O. The van der Waals surface area contributed by atoms with E-state index in [0.717, 1.165) is 33.3 Å². The van der Waals surface area contributed by atoms with Crippen LogP contribution in [0.15, 0.2) is 72.8 Å². The Balaban J connectivity index is 2.01. The van der Waals surface area contributed by atoms with Crippen LogP contribution in [0.4, 0.5) is 5.69 Å². The van der Waals surface area contributed by atoms with Crippen molar-refractivity contribution >= 4 is 38.3 Å². The van der Waals surface area contributed by atoms with E-state index in [1.54, 1.807) is 12.1 Å². The Morgan fingerprint density at radius 2 is 1.53 bits per heavy atom. The Morgan fingerprint density at radius 3 is 2.17 bits per heavy atom. The summed E-state index contributed by atoms with van der Waals surface area (Å²) in [5.74, 6) is -0.685. The topological polar surface area (TPSA) is 86.8 Å².